The van der Waals surface area contributed by atoms with Gasteiger partial charge in [0.05, 0.1) is 20.2 Å². The number of hydrogen-bond donors (Lipinski definition) is 2. The van der Waals surface area contributed by atoms with Crippen molar-refractivity contribution in [3.05, 3.63) is 41.0 Å². The predicted molar refractivity (Wildman–Crippen MR) is 96.5 cm³/mol. The van der Waals surface area contributed by atoms with E-state index in [0.29, 0.717) is 0 Å². The summed E-state index contributed by atoms with van der Waals surface area (Å²) in [4.78, 5) is 7.40. The van der Waals surface area contributed by atoms with Crippen LogP contribution in [0.5, 0.6) is 11.6 Å². The normalized spacial score (nSPS) is 22.2. The molecule has 1 fully saturated rings. The Labute approximate surface area is 150 Å². The molecule has 6 nitrogen and oxygen atoms in total. The quantitative estimate of drug-likeness (QED) is 0.747. The van der Waals surface area contributed by atoms with E-state index in [4.69, 9.17) is 4.74 Å². The molecule has 2 aromatic heterocycles. The Morgan fingerprint density at radius 1 is 1.28 bits per heavy atom. The number of likely N-dealkylation sites (tertiary alicyclic amines) is 1. The van der Waals surface area contributed by atoms with Crippen LogP contribution >= 0.6 is 11.3 Å². The third-order valence-electron chi connectivity index (χ3n) is 5.17. The lowest BCUT2D eigenvalue weighted by molar-refractivity contribution is -0.931. The lowest BCUT2D eigenvalue weighted by Gasteiger charge is -2.33. The maximum absolute atomic E-state index is 10.7. The minimum absolute atomic E-state index is 0.0897. The Kier molecular flexibility index (Phi) is 4.35. The summed E-state index contributed by atoms with van der Waals surface area (Å²) in [6.45, 7) is 4.52. The first kappa shape index (κ1) is 16.4. The second kappa shape index (κ2) is 6.65. The highest BCUT2D eigenvalue weighted by Crippen LogP contribution is 2.35. The second-order valence-electron chi connectivity index (χ2n) is 6.79. The molecule has 4 rings (SSSR count). The Morgan fingerprint density at radius 2 is 2.00 bits per heavy atom. The van der Waals surface area contributed by atoms with Gasteiger partial charge in [0, 0.05) is 5.56 Å². The maximum Gasteiger partial charge on any atom is 0.235 e. The molecule has 0 bridgehead atoms. The van der Waals surface area contributed by atoms with Crippen LogP contribution in [-0.4, -0.2) is 39.9 Å². The molecular formula is C18H23N4O2S+. The molecule has 7 heteroatoms. The molecule has 1 atom stereocenters. The molecule has 1 aliphatic heterocycles. The Morgan fingerprint density at radius 3 is 2.64 bits per heavy atom. The molecule has 0 spiro atoms. The fraction of sp³-hybridized carbons (Fsp3) is 0.444. The van der Waals surface area contributed by atoms with Gasteiger partial charge in [-0.1, -0.05) is 18.3 Å². The summed E-state index contributed by atoms with van der Waals surface area (Å²) in [5.74, 6) is 1.83. The standard InChI is InChI=1S/C18H22N4O2S/c1-12-7-9-21(10-8-12)15(13-3-5-14(24-2)6-4-13)16-17(23)22-18(25-16)19-11-20-22/h3-6,11-12,15,23H,7-10H2,1-2H3/p+1/t15-/m1/s1. The van der Waals surface area contributed by atoms with Gasteiger partial charge in [-0.05, 0) is 43.0 Å². The van der Waals surface area contributed by atoms with Gasteiger partial charge in [-0.15, -0.1) is 0 Å². The van der Waals surface area contributed by atoms with E-state index in [9.17, 15) is 5.11 Å². The van der Waals surface area contributed by atoms with Crippen molar-refractivity contribution in [2.75, 3.05) is 20.2 Å². The van der Waals surface area contributed by atoms with Crippen molar-refractivity contribution >= 4 is 16.3 Å². The second-order valence-corrected chi connectivity index (χ2v) is 7.80. The number of rotatable bonds is 4. The number of methoxy groups -OCH3 is 1. The van der Waals surface area contributed by atoms with Crippen molar-refractivity contribution in [1.29, 1.82) is 0 Å². The number of ether oxygens (including phenoxy) is 1. The molecule has 0 unspecified atom stereocenters. The fourth-order valence-electron chi connectivity index (χ4n) is 3.67. The summed E-state index contributed by atoms with van der Waals surface area (Å²) in [6.07, 6.45) is 3.90. The molecule has 0 saturated carbocycles. The zero-order valence-corrected chi connectivity index (χ0v) is 15.3. The van der Waals surface area contributed by atoms with Gasteiger partial charge in [-0.2, -0.15) is 9.61 Å². The molecule has 1 aromatic carbocycles. The van der Waals surface area contributed by atoms with E-state index < -0.39 is 0 Å². The van der Waals surface area contributed by atoms with Crippen LogP contribution in [0.15, 0.2) is 30.6 Å². The number of aromatic hydroxyl groups is 1. The average molecular weight is 359 g/mol. The van der Waals surface area contributed by atoms with Crippen molar-refractivity contribution in [2.45, 2.75) is 25.8 Å². The summed E-state index contributed by atoms with van der Waals surface area (Å²) < 4.78 is 6.83. The first-order valence-corrected chi connectivity index (χ1v) is 9.49. The van der Waals surface area contributed by atoms with Gasteiger partial charge in [0.2, 0.25) is 10.8 Å². The molecule has 0 amide bonds. The zero-order chi connectivity index (χ0) is 17.4. The van der Waals surface area contributed by atoms with Crippen LogP contribution in [0.1, 0.15) is 36.2 Å². The van der Waals surface area contributed by atoms with Crippen molar-refractivity contribution in [1.82, 2.24) is 14.6 Å². The third kappa shape index (κ3) is 2.98. The number of thiazole rings is 1. The van der Waals surface area contributed by atoms with E-state index >= 15 is 0 Å². The van der Waals surface area contributed by atoms with E-state index in [2.05, 4.69) is 29.1 Å². The van der Waals surface area contributed by atoms with Crippen LogP contribution < -0.4 is 9.64 Å². The van der Waals surface area contributed by atoms with Crippen molar-refractivity contribution in [3.63, 3.8) is 0 Å². The number of benzene rings is 1. The van der Waals surface area contributed by atoms with Crippen LogP contribution in [0.2, 0.25) is 0 Å². The SMILES string of the molecule is COc1ccc([C@H](c2sc3ncnn3c2O)[NH+]2CCC(C)CC2)cc1. The summed E-state index contributed by atoms with van der Waals surface area (Å²) >= 11 is 1.53. The Hall–Kier alpha value is -2.12. The zero-order valence-electron chi connectivity index (χ0n) is 14.5. The van der Waals surface area contributed by atoms with Crippen molar-refractivity contribution < 1.29 is 14.7 Å². The minimum atomic E-state index is 0.0897. The first-order valence-electron chi connectivity index (χ1n) is 8.67. The number of piperidine rings is 1. The van der Waals surface area contributed by atoms with Crippen LogP contribution in [0.3, 0.4) is 0 Å². The number of hydrogen-bond acceptors (Lipinski definition) is 5. The summed E-state index contributed by atoms with van der Waals surface area (Å²) in [6, 6.07) is 8.27. The molecular weight excluding hydrogens is 336 g/mol. The van der Waals surface area contributed by atoms with E-state index in [1.54, 1.807) is 7.11 Å². The number of fused-ring (bicyclic) bond motifs is 1. The molecule has 1 saturated heterocycles. The number of quaternary nitrogens is 1. The van der Waals surface area contributed by atoms with E-state index in [1.165, 1.54) is 45.5 Å². The van der Waals surface area contributed by atoms with Gasteiger partial charge in [0.15, 0.2) is 6.04 Å². The lowest BCUT2D eigenvalue weighted by Crippen LogP contribution is -3.13. The average Bonchev–Trinajstić information content (AvgIpc) is 3.21. The largest absolute Gasteiger partial charge is 0.497 e. The molecule has 1 aliphatic rings. The fourth-order valence-corrected chi connectivity index (χ4v) is 4.79. The highest BCUT2D eigenvalue weighted by Gasteiger charge is 2.34. The van der Waals surface area contributed by atoms with E-state index in [1.807, 2.05) is 12.1 Å². The first-order chi connectivity index (χ1) is 12.2. The number of nitrogens with one attached hydrogen (secondary N) is 1. The predicted octanol–water partition coefficient (Wildman–Crippen LogP) is 1.91. The summed E-state index contributed by atoms with van der Waals surface area (Å²) in [7, 11) is 1.68. The van der Waals surface area contributed by atoms with Gasteiger partial charge in [0.1, 0.15) is 17.0 Å². The van der Waals surface area contributed by atoms with Gasteiger partial charge >= 0.3 is 0 Å². The number of nitrogens with zero attached hydrogens (tertiary/aromatic N) is 3. The molecule has 3 aromatic rings. The highest BCUT2D eigenvalue weighted by molar-refractivity contribution is 7.17. The molecule has 3 heterocycles. The van der Waals surface area contributed by atoms with Crippen molar-refractivity contribution in [2.24, 2.45) is 5.92 Å². The van der Waals surface area contributed by atoms with Gasteiger partial charge < -0.3 is 14.7 Å². The maximum atomic E-state index is 10.7. The van der Waals surface area contributed by atoms with Crippen LogP contribution in [0, 0.1) is 5.92 Å². The third-order valence-corrected chi connectivity index (χ3v) is 6.27. The van der Waals surface area contributed by atoms with Crippen LogP contribution in [0.4, 0.5) is 0 Å². The number of aromatic nitrogens is 3. The minimum Gasteiger partial charge on any atom is -0.497 e. The van der Waals surface area contributed by atoms with Crippen molar-refractivity contribution in [3.8, 4) is 11.6 Å². The Bertz CT molecular complexity index is 850. The molecule has 2 N–H and O–H groups in total. The van der Waals surface area contributed by atoms with Crippen LogP contribution in [-0.2, 0) is 0 Å². The summed E-state index contributed by atoms with van der Waals surface area (Å²) in [5.41, 5.74) is 1.19. The van der Waals surface area contributed by atoms with Gasteiger partial charge in [-0.25, -0.2) is 4.98 Å². The molecule has 25 heavy (non-hydrogen) atoms. The van der Waals surface area contributed by atoms with Gasteiger partial charge in [0.25, 0.3) is 0 Å². The summed E-state index contributed by atoms with van der Waals surface area (Å²) in [5, 5.41) is 14.9. The monoisotopic (exact) mass is 359 g/mol. The molecule has 0 aliphatic carbocycles. The van der Waals surface area contributed by atoms with E-state index in [0.717, 1.165) is 34.6 Å². The van der Waals surface area contributed by atoms with Crippen LogP contribution in [0.25, 0.3) is 4.96 Å². The Balaban J connectivity index is 1.76. The molecule has 132 valence electrons. The van der Waals surface area contributed by atoms with Gasteiger partial charge in [-0.3, -0.25) is 0 Å². The lowest BCUT2D eigenvalue weighted by atomic mass is 9.95. The highest BCUT2D eigenvalue weighted by atomic mass is 32.1. The van der Waals surface area contributed by atoms with E-state index in [-0.39, 0.29) is 11.9 Å². The topological polar surface area (TPSA) is 64.1 Å². The molecule has 0 radical (unpaired) electrons. The smallest absolute Gasteiger partial charge is 0.235 e.